The van der Waals surface area contributed by atoms with Crippen LogP contribution in [0.4, 0.5) is 5.69 Å². The fourth-order valence-electron chi connectivity index (χ4n) is 1.50. The van der Waals surface area contributed by atoms with Crippen molar-refractivity contribution in [3.8, 4) is 0 Å². The van der Waals surface area contributed by atoms with Gasteiger partial charge in [0.2, 0.25) is 0 Å². The number of anilines is 1. The minimum absolute atomic E-state index is 0.121. The number of hydrogen-bond donors (Lipinski definition) is 3. The molecule has 0 fully saturated rings. The van der Waals surface area contributed by atoms with Gasteiger partial charge in [-0.25, -0.2) is 8.42 Å². The Morgan fingerprint density at radius 2 is 2.22 bits per heavy atom. The van der Waals surface area contributed by atoms with Crippen LogP contribution in [0.5, 0.6) is 0 Å². The molecule has 0 aliphatic rings. The van der Waals surface area contributed by atoms with E-state index in [1.165, 1.54) is 12.4 Å². The highest BCUT2D eigenvalue weighted by atomic mass is 32.2. The molecule has 0 aliphatic heterocycles. The van der Waals surface area contributed by atoms with Crippen LogP contribution in [0.2, 0.25) is 0 Å². The van der Waals surface area contributed by atoms with Crippen molar-refractivity contribution < 1.29 is 13.2 Å². The molecule has 0 bridgehead atoms. The molecule has 0 spiro atoms. The summed E-state index contributed by atoms with van der Waals surface area (Å²) in [5, 5.41) is 2.57. The molecule has 7 nitrogen and oxygen atoms in total. The number of nitrogens with one attached hydrogen (secondary N) is 2. The summed E-state index contributed by atoms with van der Waals surface area (Å²) in [6, 6.07) is 1.06. The number of pyridine rings is 1. The van der Waals surface area contributed by atoms with E-state index in [2.05, 4.69) is 15.7 Å². The van der Waals surface area contributed by atoms with E-state index in [0.717, 1.165) is 6.26 Å². The number of hydrazine groups is 1. The van der Waals surface area contributed by atoms with Gasteiger partial charge in [-0.1, -0.05) is 0 Å². The maximum absolute atomic E-state index is 11.9. The molecular formula is C10H16N4O3S. The Labute approximate surface area is 106 Å². The summed E-state index contributed by atoms with van der Waals surface area (Å²) in [5.41, 5.74) is 3.07. The van der Waals surface area contributed by atoms with E-state index >= 15 is 0 Å². The van der Waals surface area contributed by atoms with E-state index < -0.39 is 21.8 Å². The summed E-state index contributed by atoms with van der Waals surface area (Å²) in [6.45, 7) is 1.62. The first-order chi connectivity index (χ1) is 8.33. The number of rotatable bonds is 5. The van der Waals surface area contributed by atoms with Crippen molar-refractivity contribution in [2.75, 3.05) is 17.4 Å². The zero-order chi connectivity index (χ0) is 13.8. The Hall–Kier alpha value is -1.67. The van der Waals surface area contributed by atoms with Gasteiger partial charge in [0.1, 0.15) is 9.84 Å². The van der Waals surface area contributed by atoms with Crippen molar-refractivity contribution in [3.05, 3.63) is 24.0 Å². The summed E-state index contributed by atoms with van der Waals surface area (Å²) in [6.07, 6.45) is 3.97. The lowest BCUT2D eigenvalue weighted by atomic mass is 10.2. The first-order valence-electron chi connectivity index (χ1n) is 5.22. The number of carbonyl (C=O) groups excluding carboxylic acids is 1. The van der Waals surface area contributed by atoms with Gasteiger partial charge in [0.05, 0.1) is 17.0 Å². The average molecular weight is 272 g/mol. The van der Waals surface area contributed by atoms with Crippen LogP contribution in [-0.2, 0) is 9.84 Å². The molecule has 1 atom stereocenters. The largest absolute Gasteiger partial charge is 0.348 e. The van der Waals surface area contributed by atoms with Gasteiger partial charge >= 0.3 is 0 Å². The molecule has 8 heteroatoms. The monoisotopic (exact) mass is 272 g/mol. The van der Waals surface area contributed by atoms with Gasteiger partial charge in [-0.05, 0) is 13.0 Å². The third-order valence-electron chi connectivity index (χ3n) is 2.15. The summed E-state index contributed by atoms with van der Waals surface area (Å²) < 4.78 is 22.2. The van der Waals surface area contributed by atoms with E-state index in [9.17, 15) is 13.2 Å². The molecule has 0 aliphatic carbocycles. The number of nitrogen functional groups attached to an aromatic ring is 1. The zero-order valence-electron chi connectivity index (χ0n) is 10.2. The Morgan fingerprint density at radius 3 is 2.78 bits per heavy atom. The second-order valence-corrected chi connectivity index (χ2v) is 6.22. The van der Waals surface area contributed by atoms with Crippen LogP contribution in [0.3, 0.4) is 0 Å². The van der Waals surface area contributed by atoms with Crippen LogP contribution in [0.25, 0.3) is 0 Å². The molecule has 0 radical (unpaired) electrons. The third-order valence-corrected chi connectivity index (χ3v) is 3.26. The Bertz CT molecular complexity index is 530. The van der Waals surface area contributed by atoms with Crippen molar-refractivity contribution >= 4 is 21.4 Å². The summed E-state index contributed by atoms with van der Waals surface area (Å²) in [4.78, 5) is 15.7. The van der Waals surface area contributed by atoms with Crippen molar-refractivity contribution in [1.82, 2.24) is 10.3 Å². The fourth-order valence-corrected chi connectivity index (χ4v) is 2.49. The molecule has 0 aromatic carbocycles. The van der Waals surface area contributed by atoms with Gasteiger partial charge in [0, 0.05) is 24.7 Å². The summed E-state index contributed by atoms with van der Waals surface area (Å²) in [7, 11) is -3.14. The van der Waals surface area contributed by atoms with Crippen LogP contribution >= 0.6 is 0 Å². The number of sulfone groups is 1. The molecule has 0 saturated carbocycles. The van der Waals surface area contributed by atoms with Crippen LogP contribution in [0, 0.1) is 0 Å². The molecule has 1 unspecified atom stereocenters. The van der Waals surface area contributed by atoms with Gasteiger partial charge in [0.15, 0.2) is 0 Å². The maximum atomic E-state index is 11.9. The quantitative estimate of drug-likeness (QED) is 0.493. The van der Waals surface area contributed by atoms with Crippen LogP contribution in [0.15, 0.2) is 18.5 Å². The molecule has 1 heterocycles. The van der Waals surface area contributed by atoms with Gasteiger partial charge in [-0.3, -0.25) is 15.6 Å². The first-order valence-corrected chi connectivity index (χ1v) is 7.28. The Kier molecular flexibility index (Phi) is 4.62. The lowest BCUT2D eigenvalue weighted by Crippen LogP contribution is -2.37. The fraction of sp³-hybridized carbons (Fsp3) is 0.400. The summed E-state index contributed by atoms with van der Waals surface area (Å²) in [5.74, 6) is 4.72. The van der Waals surface area contributed by atoms with Gasteiger partial charge in [-0.2, -0.15) is 0 Å². The van der Waals surface area contributed by atoms with Crippen LogP contribution < -0.4 is 16.6 Å². The first kappa shape index (κ1) is 14.4. The summed E-state index contributed by atoms with van der Waals surface area (Å²) >= 11 is 0. The number of aromatic nitrogens is 1. The molecule has 4 N–H and O–H groups in total. The minimum atomic E-state index is -3.14. The highest BCUT2D eigenvalue weighted by Crippen LogP contribution is 2.11. The van der Waals surface area contributed by atoms with Crippen molar-refractivity contribution in [1.29, 1.82) is 0 Å². The zero-order valence-corrected chi connectivity index (χ0v) is 11.0. The van der Waals surface area contributed by atoms with E-state index in [-0.39, 0.29) is 11.3 Å². The lowest BCUT2D eigenvalue weighted by molar-refractivity contribution is 0.0944. The van der Waals surface area contributed by atoms with E-state index in [1.54, 1.807) is 13.0 Å². The van der Waals surface area contributed by atoms with Crippen LogP contribution in [0.1, 0.15) is 17.3 Å². The third kappa shape index (κ3) is 4.30. The second kappa shape index (κ2) is 5.78. The predicted molar refractivity (Wildman–Crippen MR) is 68.7 cm³/mol. The SMILES string of the molecule is CC(CS(C)(=O)=O)NC(=O)c1cnccc1NN. The predicted octanol–water partition coefficient (Wildman–Crippen LogP) is -0.470. The standard InChI is InChI=1S/C10H16N4O3S/c1-7(6-18(2,16)17)13-10(15)8-5-12-4-3-9(8)14-11/h3-5,7H,6,11H2,1-2H3,(H,12,14)(H,13,15). The normalized spacial score (nSPS) is 12.8. The topological polar surface area (TPSA) is 114 Å². The smallest absolute Gasteiger partial charge is 0.255 e. The van der Waals surface area contributed by atoms with Crippen molar-refractivity contribution in [2.45, 2.75) is 13.0 Å². The van der Waals surface area contributed by atoms with E-state index in [0.29, 0.717) is 5.69 Å². The number of amides is 1. The number of nitrogens with zero attached hydrogens (tertiary/aromatic N) is 1. The van der Waals surface area contributed by atoms with Crippen LogP contribution in [-0.4, -0.2) is 37.4 Å². The van der Waals surface area contributed by atoms with Gasteiger partial charge in [-0.15, -0.1) is 0 Å². The molecule has 1 aromatic heterocycles. The Balaban J connectivity index is 2.77. The average Bonchev–Trinajstić information content (AvgIpc) is 2.26. The highest BCUT2D eigenvalue weighted by molar-refractivity contribution is 7.90. The van der Waals surface area contributed by atoms with Gasteiger partial charge in [0.25, 0.3) is 5.91 Å². The van der Waals surface area contributed by atoms with Crippen molar-refractivity contribution in [3.63, 3.8) is 0 Å². The number of carbonyl (C=O) groups is 1. The highest BCUT2D eigenvalue weighted by Gasteiger charge is 2.16. The van der Waals surface area contributed by atoms with E-state index in [1.807, 2.05) is 0 Å². The van der Waals surface area contributed by atoms with E-state index in [4.69, 9.17) is 5.84 Å². The molecule has 100 valence electrons. The molecule has 1 rings (SSSR count). The Morgan fingerprint density at radius 1 is 1.56 bits per heavy atom. The molecule has 0 saturated heterocycles. The number of nitrogens with two attached hydrogens (primary N) is 1. The molecule has 1 aromatic rings. The molecule has 18 heavy (non-hydrogen) atoms. The molecule has 1 amide bonds. The lowest BCUT2D eigenvalue weighted by Gasteiger charge is -2.14. The number of hydrogen-bond acceptors (Lipinski definition) is 6. The second-order valence-electron chi connectivity index (χ2n) is 4.03. The minimum Gasteiger partial charge on any atom is -0.348 e. The maximum Gasteiger partial charge on any atom is 0.255 e. The van der Waals surface area contributed by atoms with Crippen molar-refractivity contribution in [2.24, 2.45) is 5.84 Å². The molecular weight excluding hydrogens is 256 g/mol. The van der Waals surface area contributed by atoms with Gasteiger partial charge < -0.3 is 10.7 Å².